The van der Waals surface area contributed by atoms with Gasteiger partial charge in [-0.25, -0.2) is 0 Å². The first-order valence-corrected chi connectivity index (χ1v) is 9.44. The number of likely N-dealkylation sites (N-methyl/N-ethyl adjacent to an activating group) is 2. The minimum absolute atomic E-state index is 0.0554. The Labute approximate surface area is 166 Å². The molecule has 0 saturated carbocycles. The van der Waals surface area contributed by atoms with Crippen molar-refractivity contribution in [3.63, 3.8) is 0 Å². The van der Waals surface area contributed by atoms with E-state index >= 15 is 0 Å². The highest BCUT2D eigenvalue weighted by Crippen LogP contribution is 2.41. The van der Waals surface area contributed by atoms with Crippen molar-refractivity contribution in [2.24, 2.45) is 7.05 Å². The van der Waals surface area contributed by atoms with Gasteiger partial charge in [-0.2, -0.15) is 0 Å². The molecule has 7 nitrogen and oxygen atoms in total. The number of hydrogen-bond acceptors (Lipinski definition) is 4. The van der Waals surface area contributed by atoms with Gasteiger partial charge in [-0.1, -0.05) is 12.1 Å². The van der Waals surface area contributed by atoms with Crippen molar-refractivity contribution in [3.8, 4) is 0 Å². The number of benzene rings is 1. The zero-order chi connectivity index (χ0) is 20.6. The third-order valence-electron chi connectivity index (χ3n) is 5.38. The van der Waals surface area contributed by atoms with Gasteiger partial charge in [-0.15, -0.1) is 0 Å². The molecular weight excluding hydrogens is 354 g/mol. The lowest BCUT2D eigenvalue weighted by Gasteiger charge is -2.27. The molecule has 1 N–H and O–H groups in total. The van der Waals surface area contributed by atoms with E-state index in [1.807, 2.05) is 75.8 Å². The van der Waals surface area contributed by atoms with E-state index < -0.39 is 0 Å². The summed E-state index contributed by atoms with van der Waals surface area (Å²) in [6, 6.07) is 7.46. The Balaban J connectivity index is 2.07. The van der Waals surface area contributed by atoms with Crippen molar-refractivity contribution >= 4 is 28.9 Å². The van der Waals surface area contributed by atoms with Gasteiger partial charge in [-0.05, 0) is 52.7 Å². The third-order valence-corrected chi connectivity index (χ3v) is 5.38. The van der Waals surface area contributed by atoms with Crippen LogP contribution in [-0.4, -0.2) is 67.0 Å². The van der Waals surface area contributed by atoms with Crippen molar-refractivity contribution < 1.29 is 9.59 Å². The van der Waals surface area contributed by atoms with Crippen LogP contribution < -0.4 is 10.2 Å². The van der Waals surface area contributed by atoms with Crippen LogP contribution in [0, 0.1) is 13.8 Å². The summed E-state index contributed by atoms with van der Waals surface area (Å²) in [6.45, 7) is 5.85. The molecule has 2 aromatic rings. The van der Waals surface area contributed by atoms with E-state index in [0.29, 0.717) is 22.8 Å². The number of hydrogen-bond donors (Lipinski definition) is 1. The number of anilines is 3. The number of nitrogens with zero attached hydrogens (tertiary/aromatic N) is 4. The van der Waals surface area contributed by atoms with Crippen LogP contribution in [0.5, 0.6) is 0 Å². The standard InChI is InChI=1S/C21H29N5O2/c1-14-15(2)25(6)20-19(14)26(18(27)13-24(5)12-11-23(3)4)17-10-8-7-9-16(17)22-21(20)28/h7-10H,11-13H2,1-6H3,(H,22,28). The molecule has 0 aliphatic carbocycles. The highest BCUT2D eigenvalue weighted by molar-refractivity contribution is 6.18. The van der Waals surface area contributed by atoms with Gasteiger partial charge in [0.25, 0.3) is 5.91 Å². The molecule has 1 aromatic heterocycles. The molecule has 0 atom stereocenters. The van der Waals surface area contributed by atoms with Crippen LogP contribution in [0.4, 0.5) is 17.1 Å². The minimum Gasteiger partial charge on any atom is -0.342 e. The van der Waals surface area contributed by atoms with Crippen LogP contribution in [0.3, 0.4) is 0 Å². The number of amides is 2. The maximum absolute atomic E-state index is 13.4. The molecule has 1 aliphatic rings. The average Bonchev–Trinajstić information content (AvgIpc) is 2.78. The maximum Gasteiger partial charge on any atom is 0.274 e. The van der Waals surface area contributed by atoms with E-state index in [2.05, 4.69) is 10.2 Å². The number of carbonyl (C=O) groups is 2. The van der Waals surface area contributed by atoms with Gasteiger partial charge in [0.05, 0.1) is 23.6 Å². The molecule has 7 heteroatoms. The topological polar surface area (TPSA) is 60.8 Å². The summed E-state index contributed by atoms with van der Waals surface area (Å²) >= 11 is 0. The van der Waals surface area contributed by atoms with Gasteiger partial charge in [-0.3, -0.25) is 19.4 Å². The number of aromatic nitrogens is 1. The van der Waals surface area contributed by atoms with Crippen molar-refractivity contribution in [2.45, 2.75) is 13.8 Å². The van der Waals surface area contributed by atoms with Crippen LogP contribution in [0.15, 0.2) is 24.3 Å². The Morgan fingerprint density at radius 1 is 1.11 bits per heavy atom. The summed E-state index contributed by atoms with van der Waals surface area (Å²) in [5.74, 6) is -0.252. The zero-order valence-corrected chi connectivity index (χ0v) is 17.5. The summed E-state index contributed by atoms with van der Waals surface area (Å²) in [4.78, 5) is 32.2. The van der Waals surface area contributed by atoms with Gasteiger partial charge >= 0.3 is 0 Å². The van der Waals surface area contributed by atoms with Crippen molar-refractivity contribution in [1.29, 1.82) is 0 Å². The van der Waals surface area contributed by atoms with E-state index in [0.717, 1.165) is 24.3 Å². The summed E-state index contributed by atoms with van der Waals surface area (Å²) < 4.78 is 1.86. The monoisotopic (exact) mass is 383 g/mol. The van der Waals surface area contributed by atoms with Crippen molar-refractivity contribution in [2.75, 3.05) is 51.0 Å². The molecule has 1 aromatic carbocycles. The smallest absolute Gasteiger partial charge is 0.274 e. The fourth-order valence-electron chi connectivity index (χ4n) is 3.55. The first-order chi connectivity index (χ1) is 13.2. The number of rotatable bonds is 5. The second-order valence-corrected chi connectivity index (χ2v) is 7.71. The quantitative estimate of drug-likeness (QED) is 0.861. The third kappa shape index (κ3) is 3.55. The highest BCUT2D eigenvalue weighted by Gasteiger charge is 2.34. The van der Waals surface area contributed by atoms with Crippen LogP contribution in [0.1, 0.15) is 21.7 Å². The van der Waals surface area contributed by atoms with E-state index in [1.165, 1.54) is 0 Å². The Bertz CT molecular complexity index is 916. The number of fused-ring (bicyclic) bond motifs is 2. The molecule has 0 fully saturated rings. The first kappa shape index (κ1) is 20.1. The zero-order valence-electron chi connectivity index (χ0n) is 17.5. The first-order valence-electron chi connectivity index (χ1n) is 9.44. The molecule has 0 spiro atoms. The molecule has 0 radical (unpaired) electrons. The van der Waals surface area contributed by atoms with E-state index in [9.17, 15) is 9.59 Å². The van der Waals surface area contributed by atoms with Gasteiger partial charge in [0.1, 0.15) is 5.69 Å². The minimum atomic E-state index is -0.197. The lowest BCUT2D eigenvalue weighted by atomic mass is 10.1. The maximum atomic E-state index is 13.4. The van der Waals surface area contributed by atoms with Crippen LogP contribution in [-0.2, 0) is 11.8 Å². The second kappa shape index (κ2) is 7.77. The molecule has 0 bridgehead atoms. The van der Waals surface area contributed by atoms with Crippen LogP contribution in [0.2, 0.25) is 0 Å². The molecule has 28 heavy (non-hydrogen) atoms. The molecule has 1 aliphatic heterocycles. The van der Waals surface area contributed by atoms with Gasteiger partial charge in [0, 0.05) is 25.8 Å². The molecule has 2 heterocycles. The largest absolute Gasteiger partial charge is 0.342 e. The lowest BCUT2D eigenvalue weighted by Crippen LogP contribution is -2.39. The SMILES string of the molecule is Cc1c2c(n(C)c1C)C(=O)Nc1ccccc1N2C(=O)CN(C)CCN(C)C. The second-order valence-electron chi connectivity index (χ2n) is 7.71. The summed E-state index contributed by atoms with van der Waals surface area (Å²) in [5, 5.41) is 2.96. The fourth-order valence-corrected chi connectivity index (χ4v) is 3.55. The van der Waals surface area contributed by atoms with Crippen molar-refractivity contribution in [3.05, 3.63) is 41.2 Å². The normalized spacial score (nSPS) is 13.4. The lowest BCUT2D eigenvalue weighted by molar-refractivity contribution is -0.118. The van der Waals surface area contributed by atoms with Gasteiger partial charge < -0.3 is 14.8 Å². The Morgan fingerprint density at radius 3 is 2.46 bits per heavy atom. The summed E-state index contributed by atoms with van der Waals surface area (Å²) in [5.41, 5.74) is 4.44. The average molecular weight is 383 g/mol. The molecule has 150 valence electrons. The Kier molecular flexibility index (Phi) is 5.58. The summed E-state index contributed by atoms with van der Waals surface area (Å²) in [7, 11) is 7.84. The fraction of sp³-hybridized carbons (Fsp3) is 0.429. The molecule has 2 amide bonds. The molecule has 0 saturated heterocycles. The van der Waals surface area contributed by atoms with E-state index in [1.54, 1.807) is 4.90 Å². The predicted octanol–water partition coefficient (Wildman–Crippen LogP) is 2.37. The molecule has 3 rings (SSSR count). The van der Waals surface area contributed by atoms with E-state index in [-0.39, 0.29) is 18.4 Å². The number of nitrogens with one attached hydrogen (secondary N) is 1. The number of para-hydroxylation sites is 2. The van der Waals surface area contributed by atoms with Crippen LogP contribution in [0.25, 0.3) is 0 Å². The Hall–Kier alpha value is -2.64. The molecule has 0 unspecified atom stereocenters. The number of carbonyl (C=O) groups excluding carboxylic acids is 2. The van der Waals surface area contributed by atoms with Crippen LogP contribution >= 0.6 is 0 Å². The van der Waals surface area contributed by atoms with Gasteiger partial charge in [0.15, 0.2) is 0 Å². The van der Waals surface area contributed by atoms with E-state index in [4.69, 9.17) is 0 Å². The predicted molar refractivity (Wildman–Crippen MR) is 112 cm³/mol. The van der Waals surface area contributed by atoms with Gasteiger partial charge in [0.2, 0.25) is 5.91 Å². The highest BCUT2D eigenvalue weighted by atomic mass is 16.2. The molecular formula is C21H29N5O2. The Morgan fingerprint density at radius 2 is 1.79 bits per heavy atom. The summed E-state index contributed by atoms with van der Waals surface area (Å²) in [6.07, 6.45) is 0. The van der Waals surface area contributed by atoms with Crippen molar-refractivity contribution in [1.82, 2.24) is 14.4 Å².